The minimum absolute atomic E-state index is 0.00811. The van der Waals surface area contributed by atoms with Crippen molar-refractivity contribution in [3.63, 3.8) is 0 Å². The molecule has 6 nitrogen and oxygen atoms in total. The number of fused-ring (bicyclic) bond motifs is 1. The van der Waals surface area contributed by atoms with Gasteiger partial charge in [0.05, 0.1) is 5.52 Å². The Morgan fingerprint density at radius 2 is 1.46 bits per heavy atom. The highest BCUT2D eigenvalue weighted by Crippen LogP contribution is 2.31. The van der Waals surface area contributed by atoms with Gasteiger partial charge in [-0.1, -0.05) is 24.6 Å². The van der Waals surface area contributed by atoms with Gasteiger partial charge in [-0.25, -0.2) is 8.78 Å². The molecule has 3 fully saturated rings. The Balaban J connectivity index is 1.29. The molecule has 0 spiro atoms. The van der Waals surface area contributed by atoms with Crippen molar-refractivity contribution in [3.05, 3.63) is 65.9 Å². The molecule has 194 valence electrons. The molecule has 0 unspecified atom stereocenters. The maximum absolute atomic E-state index is 13.7. The first-order valence-corrected chi connectivity index (χ1v) is 13.3. The van der Waals surface area contributed by atoms with Gasteiger partial charge in [-0.2, -0.15) is 0 Å². The summed E-state index contributed by atoms with van der Waals surface area (Å²) in [6.45, 7) is 3.33. The van der Waals surface area contributed by atoms with Crippen LogP contribution in [-0.2, 0) is 0 Å². The molecule has 2 saturated heterocycles. The van der Waals surface area contributed by atoms with E-state index in [2.05, 4.69) is 4.90 Å². The predicted octanol–water partition coefficient (Wildman–Crippen LogP) is 4.81. The van der Waals surface area contributed by atoms with E-state index in [0.29, 0.717) is 17.3 Å². The van der Waals surface area contributed by atoms with Gasteiger partial charge in [0.2, 0.25) is 0 Å². The van der Waals surface area contributed by atoms with Crippen LogP contribution in [0.5, 0.6) is 0 Å². The number of amides is 2. The third-order valence-electron chi connectivity index (χ3n) is 8.26. The summed E-state index contributed by atoms with van der Waals surface area (Å²) in [5.41, 5.74) is 2.65. The number of rotatable bonds is 4. The van der Waals surface area contributed by atoms with Gasteiger partial charge in [0, 0.05) is 74.8 Å². The lowest BCUT2D eigenvalue weighted by molar-refractivity contribution is -0.0495. The van der Waals surface area contributed by atoms with Crippen LogP contribution in [0.2, 0.25) is 0 Å². The Morgan fingerprint density at radius 3 is 2.11 bits per heavy atom. The van der Waals surface area contributed by atoms with E-state index in [1.807, 2.05) is 58.0 Å². The third-order valence-corrected chi connectivity index (χ3v) is 8.26. The second-order valence-electron chi connectivity index (χ2n) is 10.5. The number of alkyl halides is 2. The van der Waals surface area contributed by atoms with Gasteiger partial charge >= 0.3 is 0 Å². The smallest absolute Gasteiger partial charge is 0.270 e. The summed E-state index contributed by atoms with van der Waals surface area (Å²) in [7, 11) is 0. The van der Waals surface area contributed by atoms with Crippen LogP contribution in [0, 0.1) is 0 Å². The minimum atomic E-state index is -2.72. The van der Waals surface area contributed by atoms with Crippen molar-refractivity contribution in [2.24, 2.45) is 0 Å². The molecular formula is C29H32F2N4O2. The molecule has 3 aromatic rings. The maximum atomic E-state index is 13.7. The van der Waals surface area contributed by atoms with Gasteiger partial charge in [-0.15, -0.1) is 0 Å². The van der Waals surface area contributed by atoms with Gasteiger partial charge < -0.3 is 14.4 Å². The van der Waals surface area contributed by atoms with E-state index in [1.54, 1.807) is 6.07 Å². The highest BCUT2D eigenvalue weighted by atomic mass is 19.3. The summed E-state index contributed by atoms with van der Waals surface area (Å²) in [6.07, 6.45) is 3.20. The van der Waals surface area contributed by atoms with Crippen LogP contribution in [0.25, 0.3) is 16.6 Å². The lowest BCUT2D eigenvalue weighted by Crippen LogP contribution is -2.53. The Labute approximate surface area is 215 Å². The highest BCUT2D eigenvalue weighted by molar-refractivity contribution is 6.03. The number of carbonyl (C=O) groups is 2. The SMILES string of the molecule is O=C(c1ccc2c(c1)cc(C(=O)N1CCC(F)(F)CC1)n2-c1ccccc1)N1CCN(C2CCC2)CC1. The number of likely N-dealkylation sites (tertiary alicyclic amines) is 1. The summed E-state index contributed by atoms with van der Waals surface area (Å²) in [5, 5.41) is 0.786. The number of piperidine rings is 1. The van der Waals surface area contributed by atoms with E-state index in [-0.39, 0.29) is 37.7 Å². The molecule has 2 aliphatic heterocycles. The maximum Gasteiger partial charge on any atom is 0.270 e. The number of aromatic nitrogens is 1. The standard InChI is InChI=1S/C29H32F2N4O2/c30-29(31)11-13-33(14-12-29)28(37)26-20-22-19-21(9-10-25(22)35(26)24-5-2-1-3-6-24)27(36)34-17-15-32(16-18-34)23-7-4-8-23/h1-3,5-6,9-10,19-20,23H,4,7-8,11-18H2. The molecule has 0 bridgehead atoms. The quantitative estimate of drug-likeness (QED) is 0.510. The second kappa shape index (κ2) is 9.56. The molecule has 3 heterocycles. The minimum Gasteiger partial charge on any atom is -0.337 e. The summed E-state index contributed by atoms with van der Waals surface area (Å²) < 4.78 is 29.3. The van der Waals surface area contributed by atoms with Crippen LogP contribution in [0.1, 0.15) is 53.0 Å². The average Bonchev–Trinajstić information content (AvgIpc) is 3.27. The Kier molecular flexibility index (Phi) is 6.23. The number of hydrogen-bond donors (Lipinski definition) is 0. The molecular weight excluding hydrogens is 474 g/mol. The largest absolute Gasteiger partial charge is 0.337 e. The predicted molar refractivity (Wildman–Crippen MR) is 138 cm³/mol. The van der Waals surface area contributed by atoms with E-state index in [1.165, 1.54) is 24.2 Å². The third kappa shape index (κ3) is 4.63. The molecule has 3 aliphatic rings. The number of carbonyl (C=O) groups excluding carboxylic acids is 2. The highest BCUT2D eigenvalue weighted by Gasteiger charge is 2.37. The second-order valence-corrected chi connectivity index (χ2v) is 10.5. The zero-order chi connectivity index (χ0) is 25.6. The van der Waals surface area contributed by atoms with Crippen LogP contribution >= 0.6 is 0 Å². The Bertz CT molecular complexity index is 1300. The fraction of sp³-hybridized carbons (Fsp3) is 0.448. The monoisotopic (exact) mass is 506 g/mol. The number of piperazine rings is 1. The van der Waals surface area contributed by atoms with E-state index in [9.17, 15) is 18.4 Å². The molecule has 8 heteroatoms. The van der Waals surface area contributed by atoms with Crippen molar-refractivity contribution < 1.29 is 18.4 Å². The molecule has 2 amide bonds. The average molecular weight is 507 g/mol. The first kappa shape index (κ1) is 24.1. The Morgan fingerprint density at radius 1 is 0.784 bits per heavy atom. The molecule has 1 aliphatic carbocycles. The van der Waals surface area contributed by atoms with Gasteiger partial charge in [0.25, 0.3) is 17.7 Å². The van der Waals surface area contributed by atoms with Crippen molar-refractivity contribution in [3.8, 4) is 5.69 Å². The molecule has 2 aromatic carbocycles. The normalized spacial score (nSPS) is 20.7. The molecule has 37 heavy (non-hydrogen) atoms. The number of para-hydroxylation sites is 1. The Hall–Kier alpha value is -3.26. The van der Waals surface area contributed by atoms with E-state index in [0.717, 1.165) is 42.8 Å². The van der Waals surface area contributed by atoms with E-state index >= 15 is 0 Å². The molecule has 0 radical (unpaired) electrons. The lowest BCUT2D eigenvalue weighted by atomic mass is 9.91. The van der Waals surface area contributed by atoms with Crippen LogP contribution in [0.15, 0.2) is 54.6 Å². The first-order valence-electron chi connectivity index (χ1n) is 13.3. The van der Waals surface area contributed by atoms with Crippen LogP contribution in [-0.4, -0.2) is 82.3 Å². The van der Waals surface area contributed by atoms with Crippen molar-refractivity contribution in [2.45, 2.75) is 44.1 Å². The van der Waals surface area contributed by atoms with Crippen molar-refractivity contribution >= 4 is 22.7 Å². The number of hydrogen-bond acceptors (Lipinski definition) is 3. The summed E-state index contributed by atoms with van der Waals surface area (Å²) in [4.78, 5) is 32.8. The van der Waals surface area contributed by atoms with Crippen molar-refractivity contribution in [1.82, 2.24) is 19.3 Å². The lowest BCUT2D eigenvalue weighted by Gasteiger charge is -2.42. The van der Waals surface area contributed by atoms with E-state index in [4.69, 9.17) is 0 Å². The summed E-state index contributed by atoms with van der Waals surface area (Å²) in [6, 6.07) is 17.6. The summed E-state index contributed by atoms with van der Waals surface area (Å²) >= 11 is 0. The number of halogens is 2. The van der Waals surface area contributed by atoms with Crippen LogP contribution < -0.4 is 0 Å². The van der Waals surface area contributed by atoms with E-state index < -0.39 is 5.92 Å². The number of nitrogens with zero attached hydrogens (tertiary/aromatic N) is 4. The zero-order valence-corrected chi connectivity index (χ0v) is 20.9. The van der Waals surface area contributed by atoms with Gasteiger partial charge in [0.1, 0.15) is 5.69 Å². The fourth-order valence-electron chi connectivity index (χ4n) is 5.78. The molecule has 1 saturated carbocycles. The fourth-order valence-corrected chi connectivity index (χ4v) is 5.78. The topological polar surface area (TPSA) is 48.8 Å². The molecule has 6 rings (SSSR count). The van der Waals surface area contributed by atoms with Crippen molar-refractivity contribution in [1.29, 1.82) is 0 Å². The van der Waals surface area contributed by atoms with Crippen molar-refractivity contribution in [2.75, 3.05) is 39.3 Å². The number of benzene rings is 2. The van der Waals surface area contributed by atoms with Gasteiger partial charge in [-0.05, 0) is 49.2 Å². The first-order chi connectivity index (χ1) is 17.9. The van der Waals surface area contributed by atoms with Crippen LogP contribution in [0.4, 0.5) is 8.78 Å². The van der Waals surface area contributed by atoms with Crippen LogP contribution in [0.3, 0.4) is 0 Å². The van der Waals surface area contributed by atoms with Gasteiger partial charge in [-0.3, -0.25) is 14.5 Å². The summed E-state index contributed by atoms with van der Waals surface area (Å²) in [5.74, 6) is -2.98. The van der Waals surface area contributed by atoms with Gasteiger partial charge in [0.15, 0.2) is 0 Å². The molecule has 0 N–H and O–H groups in total. The zero-order valence-electron chi connectivity index (χ0n) is 20.9. The molecule has 1 aromatic heterocycles. The molecule has 0 atom stereocenters.